The van der Waals surface area contributed by atoms with Crippen LogP contribution >= 0.6 is 23.1 Å². The van der Waals surface area contributed by atoms with Gasteiger partial charge in [-0.1, -0.05) is 0 Å². The molecule has 2 aliphatic heterocycles. The van der Waals surface area contributed by atoms with Crippen LogP contribution in [0.25, 0.3) is 10.2 Å². The van der Waals surface area contributed by atoms with E-state index in [-0.39, 0.29) is 17.3 Å². The third kappa shape index (κ3) is 4.58. The van der Waals surface area contributed by atoms with Crippen LogP contribution in [0.3, 0.4) is 0 Å². The number of benzene rings is 1. The number of thioether (sulfide) groups is 1. The maximum atomic E-state index is 13.3. The largest absolute Gasteiger partial charge is 0.393 e. The number of nitrogens with one attached hydrogen (secondary N) is 1. The van der Waals surface area contributed by atoms with Crippen LogP contribution in [0.2, 0.25) is 0 Å². The zero-order valence-electron chi connectivity index (χ0n) is 20.3. The van der Waals surface area contributed by atoms with E-state index >= 15 is 0 Å². The third-order valence-electron chi connectivity index (χ3n) is 8.12. The maximum Gasteiger partial charge on any atom is 0.243 e. The van der Waals surface area contributed by atoms with Crippen molar-refractivity contribution in [3.63, 3.8) is 0 Å². The van der Waals surface area contributed by atoms with Gasteiger partial charge in [0.05, 0.1) is 26.2 Å². The quantitative estimate of drug-likeness (QED) is 0.437. The Bertz CT molecular complexity index is 1360. The van der Waals surface area contributed by atoms with Crippen LogP contribution in [-0.2, 0) is 22.9 Å². The molecule has 0 amide bonds. The van der Waals surface area contributed by atoms with Gasteiger partial charge in [-0.2, -0.15) is 4.31 Å². The van der Waals surface area contributed by atoms with E-state index in [1.807, 2.05) is 24.7 Å². The molecule has 1 aromatic carbocycles. The fraction of sp³-hybridized carbons (Fsp3) is 0.560. The lowest BCUT2D eigenvalue weighted by Gasteiger charge is -2.39. The summed E-state index contributed by atoms with van der Waals surface area (Å²) < 4.78 is 29.1. The van der Waals surface area contributed by atoms with Gasteiger partial charge in [-0.25, -0.2) is 23.4 Å². The number of hydrogen-bond acceptors (Lipinski definition) is 9. The van der Waals surface area contributed by atoms with Crippen molar-refractivity contribution in [2.45, 2.75) is 48.0 Å². The summed E-state index contributed by atoms with van der Waals surface area (Å²) >= 11 is 3.16. The van der Waals surface area contributed by atoms with Crippen LogP contribution in [0, 0.1) is 17.3 Å². The van der Waals surface area contributed by atoms with Crippen LogP contribution in [0.1, 0.15) is 30.1 Å². The predicted molar refractivity (Wildman–Crippen MR) is 142 cm³/mol. The van der Waals surface area contributed by atoms with Gasteiger partial charge in [0, 0.05) is 61.7 Å². The topological polar surface area (TPSA) is 108 Å². The Morgan fingerprint density at radius 2 is 1.94 bits per heavy atom. The van der Waals surface area contributed by atoms with Crippen LogP contribution in [0.15, 0.2) is 40.4 Å². The number of aromatic nitrogens is 3. The summed E-state index contributed by atoms with van der Waals surface area (Å²) in [6, 6.07) is 5.29. The van der Waals surface area contributed by atoms with Crippen molar-refractivity contribution in [1.29, 1.82) is 0 Å². The molecule has 3 fully saturated rings. The predicted octanol–water partition coefficient (Wildman–Crippen LogP) is 2.96. The Morgan fingerprint density at radius 3 is 2.61 bits per heavy atom. The highest BCUT2D eigenvalue weighted by Gasteiger charge is 2.46. The number of sulfonamides is 1. The minimum Gasteiger partial charge on any atom is -0.393 e. The van der Waals surface area contributed by atoms with Crippen LogP contribution in [0.4, 0.5) is 0 Å². The van der Waals surface area contributed by atoms with E-state index in [9.17, 15) is 13.5 Å². The van der Waals surface area contributed by atoms with Crippen molar-refractivity contribution in [2.75, 3.05) is 32.4 Å². The highest BCUT2D eigenvalue weighted by atomic mass is 32.2. The standard InChI is InChI=1S/C25H31N5O3S3/c1-34-18-11-27-22(28-12-18)8-16-2-3-17(24(16)31)9-23-29-20-5-4-19(10-21(20)35-23)36(32,33)30-7-6-25(15-30)13-26-14-25/h4-5,10-12,16-17,24,26,31H,2-3,6-9,13-15H2,1H3/t16-,17-,24-/m1/s1. The molecule has 1 aliphatic carbocycles. The van der Waals surface area contributed by atoms with Crippen molar-refractivity contribution in [3.05, 3.63) is 41.4 Å². The first-order valence-electron chi connectivity index (χ1n) is 12.5. The van der Waals surface area contributed by atoms with E-state index < -0.39 is 16.1 Å². The first kappa shape index (κ1) is 24.7. The number of thiazole rings is 1. The molecule has 0 bridgehead atoms. The lowest BCUT2D eigenvalue weighted by molar-refractivity contribution is 0.0901. The van der Waals surface area contributed by atoms with Crippen molar-refractivity contribution in [2.24, 2.45) is 17.3 Å². The smallest absolute Gasteiger partial charge is 0.243 e. The van der Waals surface area contributed by atoms with Gasteiger partial charge in [0.25, 0.3) is 0 Å². The highest BCUT2D eigenvalue weighted by molar-refractivity contribution is 7.98. The monoisotopic (exact) mass is 545 g/mol. The Hall–Kier alpha value is -1.63. The summed E-state index contributed by atoms with van der Waals surface area (Å²) in [6.07, 6.45) is 9.46. The molecule has 3 aromatic rings. The molecule has 2 aromatic heterocycles. The van der Waals surface area contributed by atoms with Gasteiger partial charge in [0.15, 0.2) is 0 Å². The summed E-state index contributed by atoms with van der Waals surface area (Å²) in [5, 5.41) is 15.2. The second kappa shape index (κ2) is 9.59. The fourth-order valence-electron chi connectivity index (χ4n) is 5.83. The average molecular weight is 546 g/mol. The number of fused-ring (bicyclic) bond motifs is 1. The minimum absolute atomic E-state index is 0.124. The number of rotatable bonds is 7. The first-order valence-corrected chi connectivity index (χ1v) is 16.0. The molecule has 2 saturated heterocycles. The molecule has 11 heteroatoms. The number of nitrogens with zero attached hydrogens (tertiary/aromatic N) is 4. The summed E-state index contributed by atoms with van der Waals surface area (Å²) in [5.74, 6) is 1.07. The van der Waals surface area contributed by atoms with Gasteiger partial charge in [0.1, 0.15) is 5.82 Å². The van der Waals surface area contributed by atoms with E-state index in [2.05, 4.69) is 15.3 Å². The fourth-order valence-corrected chi connectivity index (χ4v) is 8.90. The zero-order chi connectivity index (χ0) is 24.9. The lowest BCUT2D eigenvalue weighted by atomic mass is 9.81. The molecule has 6 rings (SSSR count). The summed E-state index contributed by atoms with van der Waals surface area (Å²) in [4.78, 5) is 15.1. The Balaban J connectivity index is 1.13. The molecular weight excluding hydrogens is 515 g/mol. The summed E-state index contributed by atoms with van der Waals surface area (Å²) in [5.41, 5.74) is 0.945. The molecule has 2 N–H and O–H groups in total. The number of hydrogen-bond donors (Lipinski definition) is 2. The van der Waals surface area contributed by atoms with Crippen molar-refractivity contribution < 1.29 is 13.5 Å². The molecule has 1 saturated carbocycles. The maximum absolute atomic E-state index is 13.3. The second-order valence-electron chi connectivity index (χ2n) is 10.5. The van der Waals surface area contributed by atoms with E-state index in [0.29, 0.717) is 30.8 Å². The molecule has 4 heterocycles. The van der Waals surface area contributed by atoms with Crippen LogP contribution in [0.5, 0.6) is 0 Å². The Labute approximate surface area is 220 Å². The van der Waals surface area contributed by atoms with Crippen LogP contribution in [-0.4, -0.2) is 71.3 Å². The summed E-state index contributed by atoms with van der Waals surface area (Å²) in [6.45, 7) is 2.99. The van der Waals surface area contributed by atoms with E-state index in [1.165, 1.54) is 0 Å². The molecule has 0 radical (unpaired) electrons. The van der Waals surface area contributed by atoms with Crippen molar-refractivity contribution in [1.82, 2.24) is 24.6 Å². The van der Waals surface area contributed by atoms with Crippen molar-refractivity contribution in [3.8, 4) is 0 Å². The van der Waals surface area contributed by atoms with Gasteiger partial charge in [0.2, 0.25) is 10.0 Å². The molecular formula is C25H31N5O3S3. The molecule has 3 atom stereocenters. The summed E-state index contributed by atoms with van der Waals surface area (Å²) in [7, 11) is -3.51. The third-order valence-corrected chi connectivity index (χ3v) is 11.7. The Kier molecular flexibility index (Phi) is 6.58. The van der Waals surface area contributed by atoms with Gasteiger partial charge in [-0.3, -0.25) is 0 Å². The van der Waals surface area contributed by atoms with E-state index in [0.717, 1.165) is 58.3 Å². The highest BCUT2D eigenvalue weighted by Crippen LogP contribution is 2.39. The molecule has 3 aliphatic rings. The number of aliphatic hydroxyl groups is 1. The Morgan fingerprint density at radius 1 is 1.19 bits per heavy atom. The lowest BCUT2D eigenvalue weighted by Crippen LogP contribution is -2.55. The van der Waals surface area contributed by atoms with Gasteiger partial charge >= 0.3 is 0 Å². The average Bonchev–Trinajstić information content (AvgIpc) is 3.57. The SMILES string of the molecule is CSc1cnc(C[C@H]2CC[C@H](Cc3nc4ccc(S(=O)(=O)N5CCC6(CNC6)C5)cc4s3)[C@@H]2O)nc1. The van der Waals surface area contributed by atoms with E-state index in [4.69, 9.17) is 4.98 Å². The van der Waals surface area contributed by atoms with Crippen molar-refractivity contribution >= 4 is 43.3 Å². The second-order valence-corrected chi connectivity index (χ2v) is 14.4. The normalized spacial score (nSPS) is 26.1. The minimum atomic E-state index is -3.51. The molecule has 1 spiro atoms. The van der Waals surface area contributed by atoms with Gasteiger partial charge in [-0.15, -0.1) is 23.1 Å². The van der Waals surface area contributed by atoms with Crippen LogP contribution < -0.4 is 5.32 Å². The number of aliphatic hydroxyl groups excluding tert-OH is 1. The van der Waals surface area contributed by atoms with Gasteiger partial charge < -0.3 is 10.4 Å². The van der Waals surface area contributed by atoms with E-state index in [1.54, 1.807) is 39.5 Å². The molecule has 8 nitrogen and oxygen atoms in total. The molecule has 0 unspecified atom stereocenters. The first-order chi connectivity index (χ1) is 17.3. The molecule has 192 valence electrons. The molecule has 36 heavy (non-hydrogen) atoms. The zero-order valence-corrected chi connectivity index (χ0v) is 22.7. The van der Waals surface area contributed by atoms with Gasteiger partial charge in [-0.05, 0) is 55.6 Å².